The number of anilines is 1. The highest BCUT2D eigenvalue weighted by atomic mass is 35.5. The van der Waals surface area contributed by atoms with Crippen LogP contribution >= 0.6 is 22.9 Å². The molecule has 0 N–H and O–H groups in total. The summed E-state index contributed by atoms with van der Waals surface area (Å²) in [6.07, 6.45) is 3.51. The molecule has 20 heavy (non-hydrogen) atoms. The smallest absolute Gasteiger partial charge is 0.225 e. The minimum atomic E-state index is 0.275. The zero-order valence-corrected chi connectivity index (χ0v) is 13.3. The fourth-order valence-electron chi connectivity index (χ4n) is 2.67. The van der Waals surface area contributed by atoms with E-state index in [1.807, 2.05) is 0 Å². The Morgan fingerprint density at radius 3 is 3.10 bits per heavy atom. The number of halogens is 1. The lowest BCUT2D eigenvalue weighted by molar-refractivity contribution is 0.0892. The van der Waals surface area contributed by atoms with Gasteiger partial charge in [0.1, 0.15) is 10.6 Å². The Kier molecular flexibility index (Phi) is 4.10. The van der Waals surface area contributed by atoms with E-state index in [1.54, 1.807) is 18.4 Å². The van der Waals surface area contributed by atoms with Gasteiger partial charge in [-0.1, -0.05) is 6.92 Å². The Hall–Kier alpha value is -0.910. The van der Waals surface area contributed by atoms with Crippen LogP contribution in [0.15, 0.2) is 6.07 Å². The number of hydrogen-bond acceptors (Lipinski definition) is 5. The molecule has 1 aliphatic heterocycles. The minimum Gasteiger partial charge on any atom is -0.380 e. The highest BCUT2D eigenvalue weighted by Crippen LogP contribution is 2.33. The summed E-state index contributed by atoms with van der Waals surface area (Å²) in [6, 6.07) is 2.20. The first-order valence-corrected chi connectivity index (χ1v) is 8.14. The molecular formula is C14H18ClN3OS. The van der Waals surface area contributed by atoms with Crippen LogP contribution in [0.5, 0.6) is 0 Å². The number of nitrogens with zero attached hydrogens (tertiary/aromatic N) is 3. The van der Waals surface area contributed by atoms with Gasteiger partial charge in [-0.05, 0) is 36.9 Å². The van der Waals surface area contributed by atoms with E-state index in [0.29, 0.717) is 5.28 Å². The maximum atomic E-state index is 6.09. The molecule has 1 saturated heterocycles. The third-order valence-corrected chi connectivity index (χ3v) is 5.10. The summed E-state index contributed by atoms with van der Waals surface area (Å²) < 4.78 is 5.50. The normalized spacial score (nSPS) is 19.8. The summed E-state index contributed by atoms with van der Waals surface area (Å²) >= 11 is 7.79. The zero-order chi connectivity index (χ0) is 14.1. The van der Waals surface area contributed by atoms with Crippen molar-refractivity contribution < 1.29 is 4.74 Å². The molecule has 0 spiro atoms. The quantitative estimate of drug-likeness (QED) is 0.813. The molecule has 1 fully saturated rings. The van der Waals surface area contributed by atoms with Crippen molar-refractivity contribution in [1.82, 2.24) is 9.97 Å². The van der Waals surface area contributed by atoms with Crippen molar-refractivity contribution in [2.75, 3.05) is 25.1 Å². The van der Waals surface area contributed by atoms with Gasteiger partial charge in [-0.2, -0.15) is 4.98 Å². The molecule has 1 atom stereocenters. The number of aromatic nitrogens is 2. The van der Waals surface area contributed by atoms with E-state index in [0.717, 1.165) is 48.4 Å². The van der Waals surface area contributed by atoms with Crippen LogP contribution < -0.4 is 4.90 Å². The summed E-state index contributed by atoms with van der Waals surface area (Å²) in [5, 5.41) is 1.45. The highest BCUT2D eigenvalue weighted by molar-refractivity contribution is 7.18. The van der Waals surface area contributed by atoms with Gasteiger partial charge in [-0.25, -0.2) is 4.98 Å². The molecule has 6 heteroatoms. The minimum absolute atomic E-state index is 0.275. The van der Waals surface area contributed by atoms with E-state index in [9.17, 15) is 0 Å². The summed E-state index contributed by atoms with van der Waals surface area (Å²) in [6.45, 7) is 4.02. The Bertz CT molecular complexity index is 616. The standard InChI is InChI=1S/C14H18ClN3OS/c1-3-10-7-11-12(16-14(15)17-13(11)20-10)18-6-4-5-9(8-18)19-2/h7,9H,3-6,8H2,1-2H3. The zero-order valence-electron chi connectivity index (χ0n) is 11.7. The van der Waals surface area contributed by atoms with Crippen molar-refractivity contribution in [3.63, 3.8) is 0 Å². The van der Waals surface area contributed by atoms with Gasteiger partial charge in [0.2, 0.25) is 5.28 Å². The SMILES string of the molecule is CCc1cc2c(N3CCCC(OC)C3)nc(Cl)nc2s1. The fourth-order valence-corrected chi connectivity index (χ4v) is 3.85. The number of hydrogen-bond donors (Lipinski definition) is 0. The maximum absolute atomic E-state index is 6.09. The van der Waals surface area contributed by atoms with E-state index in [-0.39, 0.29) is 6.10 Å². The Labute approximate surface area is 127 Å². The molecule has 0 aromatic carbocycles. The van der Waals surface area contributed by atoms with Crippen LogP contribution in [0.1, 0.15) is 24.6 Å². The maximum Gasteiger partial charge on any atom is 0.225 e. The van der Waals surface area contributed by atoms with Crippen molar-refractivity contribution >= 4 is 39.0 Å². The van der Waals surface area contributed by atoms with Crippen molar-refractivity contribution in [2.45, 2.75) is 32.3 Å². The highest BCUT2D eigenvalue weighted by Gasteiger charge is 2.23. The number of piperidine rings is 1. The first kappa shape index (κ1) is 14.0. The van der Waals surface area contributed by atoms with Crippen molar-refractivity contribution in [1.29, 1.82) is 0 Å². The first-order chi connectivity index (χ1) is 9.71. The lowest BCUT2D eigenvalue weighted by Gasteiger charge is -2.33. The van der Waals surface area contributed by atoms with Crippen LogP contribution in [0.3, 0.4) is 0 Å². The molecule has 108 valence electrons. The Morgan fingerprint density at radius 2 is 2.35 bits per heavy atom. The van der Waals surface area contributed by atoms with Gasteiger partial charge in [0, 0.05) is 25.1 Å². The van der Waals surface area contributed by atoms with Gasteiger partial charge < -0.3 is 9.64 Å². The predicted molar refractivity (Wildman–Crippen MR) is 84.0 cm³/mol. The molecule has 1 aliphatic rings. The molecule has 2 aromatic heterocycles. The number of rotatable bonds is 3. The molecule has 0 aliphatic carbocycles. The molecule has 1 unspecified atom stereocenters. The average molecular weight is 312 g/mol. The molecule has 2 aromatic rings. The number of aryl methyl sites for hydroxylation is 1. The second-order valence-corrected chi connectivity index (χ2v) is 6.50. The van der Waals surface area contributed by atoms with Gasteiger partial charge in [0.05, 0.1) is 11.5 Å². The van der Waals surface area contributed by atoms with Crippen molar-refractivity contribution in [3.8, 4) is 0 Å². The predicted octanol–water partition coefficient (Wildman–Crippen LogP) is 3.52. The van der Waals surface area contributed by atoms with E-state index < -0.39 is 0 Å². The van der Waals surface area contributed by atoms with Crippen LogP contribution in [-0.2, 0) is 11.2 Å². The van der Waals surface area contributed by atoms with Crippen LogP contribution in [0, 0.1) is 0 Å². The molecular weight excluding hydrogens is 294 g/mol. The van der Waals surface area contributed by atoms with E-state index in [4.69, 9.17) is 16.3 Å². The lowest BCUT2D eigenvalue weighted by Crippen LogP contribution is -2.39. The van der Waals surface area contributed by atoms with Crippen LogP contribution in [0.2, 0.25) is 5.28 Å². The van der Waals surface area contributed by atoms with Crippen LogP contribution in [0.4, 0.5) is 5.82 Å². The monoisotopic (exact) mass is 311 g/mol. The molecule has 4 nitrogen and oxygen atoms in total. The molecule has 0 amide bonds. The number of fused-ring (bicyclic) bond motifs is 1. The molecule has 0 radical (unpaired) electrons. The average Bonchev–Trinajstić information content (AvgIpc) is 2.89. The Morgan fingerprint density at radius 1 is 1.50 bits per heavy atom. The number of thiophene rings is 1. The number of ether oxygens (including phenoxy) is 1. The van der Waals surface area contributed by atoms with E-state index >= 15 is 0 Å². The largest absolute Gasteiger partial charge is 0.380 e. The van der Waals surface area contributed by atoms with Crippen LogP contribution in [0.25, 0.3) is 10.2 Å². The third-order valence-electron chi connectivity index (χ3n) is 3.76. The summed E-state index contributed by atoms with van der Waals surface area (Å²) in [7, 11) is 1.77. The van der Waals surface area contributed by atoms with Gasteiger partial charge in [-0.15, -0.1) is 11.3 Å². The molecule has 3 rings (SSSR count). The molecule has 0 bridgehead atoms. The van der Waals surface area contributed by atoms with Crippen LogP contribution in [-0.4, -0.2) is 36.3 Å². The second kappa shape index (κ2) is 5.84. The van der Waals surface area contributed by atoms with E-state index in [1.165, 1.54) is 4.88 Å². The van der Waals surface area contributed by atoms with Crippen molar-refractivity contribution in [2.24, 2.45) is 0 Å². The van der Waals surface area contributed by atoms with Gasteiger partial charge in [-0.3, -0.25) is 0 Å². The van der Waals surface area contributed by atoms with Gasteiger partial charge >= 0.3 is 0 Å². The molecule has 3 heterocycles. The lowest BCUT2D eigenvalue weighted by atomic mass is 10.1. The van der Waals surface area contributed by atoms with Gasteiger partial charge in [0.25, 0.3) is 0 Å². The third kappa shape index (κ3) is 2.62. The van der Waals surface area contributed by atoms with E-state index in [2.05, 4.69) is 27.9 Å². The summed E-state index contributed by atoms with van der Waals surface area (Å²) in [4.78, 5) is 13.4. The summed E-state index contributed by atoms with van der Waals surface area (Å²) in [5.41, 5.74) is 0. The van der Waals surface area contributed by atoms with Gasteiger partial charge in [0.15, 0.2) is 0 Å². The number of methoxy groups -OCH3 is 1. The topological polar surface area (TPSA) is 38.2 Å². The first-order valence-electron chi connectivity index (χ1n) is 6.95. The second-order valence-electron chi connectivity index (χ2n) is 5.05. The fraction of sp³-hybridized carbons (Fsp3) is 0.571. The summed E-state index contributed by atoms with van der Waals surface area (Å²) in [5.74, 6) is 0.956. The van der Waals surface area contributed by atoms with Crippen molar-refractivity contribution in [3.05, 3.63) is 16.2 Å². The Balaban J connectivity index is 2.03. The molecule has 0 saturated carbocycles.